The van der Waals surface area contributed by atoms with Crippen LogP contribution in [0.15, 0.2) is 22.7 Å². The van der Waals surface area contributed by atoms with E-state index < -0.39 is 6.09 Å². The number of hydrogen-bond acceptors (Lipinski definition) is 2. The first-order valence-electron chi connectivity index (χ1n) is 6.67. The third-order valence-electron chi connectivity index (χ3n) is 4.10. The van der Waals surface area contributed by atoms with Crippen molar-refractivity contribution in [2.45, 2.75) is 43.9 Å². The number of carbonyl (C=O) groups is 1. The van der Waals surface area contributed by atoms with E-state index in [-0.39, 0.29) is 24.0 Å². The molecule has 2 fully saturated rings. The largest absolute Gasteiger partial charge is 0.489 e. The average molecular weight is 344 g/mol. The molecular weight excluding hydrogens is 329 g/mol. The number of benzene rings is 1. The van der Waals surface area contributed by atoms with Crippen LogP contribution in [-0.4, -0.2) is 34.3 Å². The molecule has 2 bridgehead atoms. The lowest BCUT2D eigenvalue weighted by Crippen LogP contribution is -2.48. The van der Waals surface area contributed by atoms with Gasteiger partial charge in [0.1, 0.15) is 17.7 Å². The normalized spacial score (nSPS) is 28.5. The van der Waals surface area contributed by atoms with Gasteiger partial charge in [-0.05, 0) is 40.9 Å². The number of halogens is 2. The molecule has 3 rings (SSSR count). The number of piperidine rings is 1. The molecule has 2 aliphatic rings. The van der Waals surface area contributed by atoms with E-state index in [1.165, 1.54) is 12.1 Å². The van der Waals surface area contributed by atoms with Crippen molar-refractivity contribution in [1.29, 1.82) is 0 Å². The topological polar surface area (TPSA) is 49.8 Å². The van der Waals surface area contributed by atoms with Crippen molar-refractivity contribution in [2.75, 3.05) is 0 Å². The second-order valence-electron chi connectivity index (χ2n) is 5.36. The molecular formula is C14H15BrFNO3. The monoisotopic (exact) mass is 343 g/mol. The van der Waals surface area contributed by atoms with Gasteiger partial charge in [0.2, 0.25) is 0 Å². The first-order valence-corrected chi connectivity index (χ1v) is 7.47. The van der Waals surface area contributed by atoms with Crippen LogP contribution in [0.25, 0.3) is 0 Å². The van der Waals surface area contributed by atoms with Crippen LogP contribution >= 0.6 is 15.9 Å². The van der Waals surface area contributed by atoms with Gasteiger partial charge < -0.3 is 14.7 Å². The second kappa shape index (κ2) is 5.24. The van der Waals surface area contributed by atoms with Crippen molar-refractivity contribution in [2.24, 2.45) is 0 Å². The molecule has 0 aliphatic carbocycles. The standard InChI is InChI=1S/C14H15BrFNO3/c15-12-4-1-8(16)5-13(12)20-11-6-9-2-3-10(7-11)17(9)14(18)19/h1,4-5,9-11H,2-3,6-7H2,(H,18,19). The van der Waals surface area contributed by atoms with Crippen molar-refractivity contribution in [3.63, 3.8) is 0 Å². The summed E-state index contributed by atoms with van der Waals surface area (Å²) in [5, 5.41) is 9.20. The van der Waals surface area contributed by atoms with Gasteiger partial charge in [0, 0.05) is 31.0 Å². The quantitative estimate of drug-likeness (QED) is 0.891. The smallest absolute Gasteiger partial charge is 0.407 e. The van der Waals surface area contributed by atoms with Crippen LogP contribution in [0.1, 0.15) is 25.7 Å². The Morgan fingerprint density at radius 2 is 2.00 bits per heavy atom. The van der Waals surface area contributed by atoms with Gasteiger partial charge in [-0.25, -0.2) is 9.18 Å². The molecule has 108 valence electrons. The second-order valence-corrected chi connectivity index (χ2v) is 6.22. The van der Waals surface area contributed by atoms with E-state index in [4.69, 9.17) is 4.74 Å². The summed E-state index contributed by atoms with van der Waals surface area (Å²) in [5.74, 6) is 0.146. The molecule has 0 spiro atoms. The molecule has 0 aromatic heterocycles. The maximum Gasteiger partial charge on any atom is 0.407 e. The molecule has 4 nitrogen and oxygen atoms in total. The van der Waals surface area contributed by atoms with Gasteiger partial charge in [-0.15, -0.1) is 0 Å². The minimum Gasteiger partial charge on any atom is -0.489 e. The fourth-order valence-corrected chi connectivity index (χ4v) is 3.62. The Bertz CT molecular complexity index is 525. The molecule has 20 heavy (non-hydrogen) atoms. The predicted molar refractivity (Wildman–Crippen MR) is 74.4 cm³/mol. The molecule has 2 heterocycles. The number of hydrogen-bond donors (Lipinski definition) is 1. The van der Waals surface area contributed by atoms with E-state index >= 15 is 0 Å². The van der Waals surface area contributed by atoms with Crippen molar-refractivity contribution in [3.05, 3.63) is 28.5 Å². The Hall–Kier alpha value is -1.30. The lowest BCUT2D eigenvalue weighted by Gasteiger charge is -2.37. The number of ether oxygens (including phenoxy) is 1. The van der Waals surface area contributed by atoms with Crippen molar-refractivity contribution < 1.29 is 19.0 Å². The Morgan fingerprint density at radius 1 is 1.35 bits per heavy atom. The fraction of sp³-hybridized carbons (Fsp3) is 0.500. The number of amides is 1. The van der Waals surface area contributed by atoms with E-state index in [1.54, 1.807) is 11.0 Å². The molecule has 1 N–H and O–H groups in total. The first kappa shape index (κ1) is 13.7. The molecule has 1 amide bonds. The van der Waals surface area contributed by atoms with E-state index in [2.05, 4.69) is 15.9 Å². The van der Waals surface area contributed by atoms with E-state index in [9.17, 15) is 14.3 Å². The van der Waals surface area contributed by atoms with Gasteiger partial charge in [-0.2, -0.15) is 0 Å². The van der Waals surface area contributed by atoms with Crippen molar-refractivity contribution in [1.82, 2.24) is 4.90 Å². The Morgan fingerprint density at radius 3 is 2.60 bits per heavy atom. The summed E-state index contributed by atoms with van der Waals surface area (Å²) in [6, 6.07) is 4.40. The van der Waals surface area contributed by atoms with Crippen LogP contribution in [0.2, 0.25) is 0 Å². The molecule has 6 heteroatoms. The molecule has 1 aromatic rings. The molecule has 2 atom stereocenters. The zero-order chi connectivity index (χ0) is 14.3. The molecule has 2 aliphatic heterocycles. The van der Waals surface area contributed by atoms with Crippen LogP contribution in [0, 0.1) is 5.82 Å². The van der Waals surface area contributed by atoms with E-state index in [0.29, 0.717) is 23.1 Å². The van der Waals surface area contributed by atoms with Gasteiger partial charge in [0.05, 0.1) is 4.47 Å². The summed E-state index contributed by atoms with van der Waals surface area (Å²) in [5.41, 5.74) is 0. The Kier molecular flexibility index (Phi) is 3.58. The van der Waals surface area contributed by atoms with E-state index in [1.807, 2.05) is 0 Å². The summed E-state index contributed by atoms with van der Waals surface area (Å²) in [6.45, 7) is 0. The van der Waals surface area contributed by atoms with Crippen molar-refractivity contribution in [3.8, 4) is 5.75 Å². The number of carboxylic acid groups (broad SMARTS) is 1. The lowest BCUT2D eigenvalue weighted by molar-refractivity contribution is 0.0492. The highest BCUT2D eigenvalue weighted by atomic mass is 79.9. The van der Waals surface area contributed by atoms with Gasteiger partial charge in [-0.1, -0.05) is 0 Å². The molecule has 2 saturated heterocycles. The maximum absolute atomic E-state index is 13.2. The first-order chi connectivity index (χ1) is 9.54. The summed E-state index contributed by atoms with van der Waals surface area (Å²) in [6.07, 6.45) is 2.23. The SMILES string of the molecule is O=C(O)N1C2CCC1CC(Oc1cc(F)ccc1Br)C2. The third kappa shape index (κ3) is 2.49. The van der Waals surface area contributed by atoms with E-state index in [0.717, 1.165) is 12.8 Å². The lowest BCUT2D eigenvalue weighted by atomic mass is 10.0. The Labute approximate surface area is 124 Å². The van der Waals surface area contributed by atoms with Crippen LogP contribution in [0.4, 0.5) is 9.18 Å². The molecule has 1 aromatic carbocycles. The highest BCUT2D eigenvalue weighted by Gasteiger charge is 2.44. The average Bonchev–Trinajstić information content (AvgIpc) is 2.66. The summed E-state index contributed by atoms with van der Waals surface area (Å²) in [7, 11) is 0. The van der Waals surface area contributed by atoms with Gasteiger partial charge in [-0.3, -0.25) is 0 Å². The maximum atomic E-state index is 13.2. The fourth-order valence-electron chi connectivity index (χ4n) is 3.28. The highest BCUT2D eigenvalue weighted by Crippen LogP contribution is 2.38. The molecule has 2 unspecified atom stereocenters. The summed E-state index contributed by atoms with van der Waals surface area (Å²) in [4.78, 5) is 12.8. The summed E-state index contributed by atoms with van der Waals surface area (Å²) >= 11 is 3.34. The third-order valence-corrected chi connectivity index (χ3v) is 4.75. The van der Waals surface area contributed by atoms with Crippen LogP contribution < -0.4 is 4.74 Å². The minimum atomic E-state index is -0.845. The summed E-state index contributed by atoms with van der Waals surface area (Å²) < 4.78 is 19.8. The van der Waals surface area contributed by atoms with Gasteiger partial charge in [0.15, 0.2) is 0 Å². The highest BCUT2D eigenvalue weighted by molar-refractivity contribution is 9.10. The van der Waals surface area contributed by atoms with Gasteiger partial charge >= 0.3 is 6.09 Å². The number of nitrogens with zero attached hydrogens (tertiary/aromatic N) is 1. The van der Waals surface area contributed by atoms with Gasteiger partial charge in [0.25, 0.3) is 0 Å². The molecule has 0 radical (unpaired) electrons. The number of rotatable bonds is 2. The van der Waals surface area contributed by atoms with Crippen molar-refractivity contribution >= 4 is 22.0 Å². The predicted octanol–water partition coefficient (Wildman–Crippen LogP) is 3.64. The number of fused-ring (bicyclic) bond motifs is 2. The minimum absolute atomic E-state index is 0.0311. The zero-order valence-corrected chi connectivity index (χ0v) is 12.3. The van der Waals surface area contributed by atoms with Crippen LogP contribution in [0.3, 0.4) is 0 Å². The molecule has 0 saturated carbocycles. The zero-order valence-electron chi connectivity index (χ0n) is 10.8. The Balaban J connectivity index is 1.72. The van der Waals surface area contributed by atoms with Crippen LogP contribution in [0.5, 0.6) is 5.75 Å². The van der Waals surface area contributed by atoms with Crippen LogP contribution in [-0.2, 0) is 0 Å².